The predicted molar refractivity (Wildman–Crippen MR) is 87.9 cm³/mol. The summed E-state index contributed by atoms with van der Waals surface area (Å²) in [6.07, 6.45) is 5.41. The first-order valence-electron chi connectivity index (χ1n) is 8.31. The Balaban J connectivity index is 0.00000220. The Morgan fingerprint density at radius 1 is 1.38 bits per heavy atom. The smallest absolute Gasteiger partial charge is 0.305 e. The maximum Gasteiger partial charge on any atom is 0.305 e. The molecule has 0 aromatic carbocycles. The molecule has 2 rings (SSSR count). The Bertz CT molecular complexity index is 315. The zero-order chi connectivity index (χ0) is 14.4. The minimum atomic E-state index is -0.0279. The van der Waals surface area contributed by atoms with Crippen molar-refractivity contribution in [2.75, 3.05) is 32.8 Å². The lowest BCUT2D eigenvalue weighted by atomic mass is 9.88. The molecule has 0 saturated carbocycles. The van der Waals surface area contributed by atoms with Crippen molar-refractivity contribution in [2.24, 2.45) is 11.8 Å². The third-order valence-electron chi connectivity index (χ3n) is 4.82. The number of carbonyl (C=O) groups excluding carboxylic acids is 1. The van der Waals surface area contributed by atoms with E-state index >= 15 is 0 Å². The maximum absolute atomic E-state index is 11.5. The van der Waals surface area contributed by atoms with Crippen molar-refractivity contribution in [1.82, 2.24) is 10.2 Å². The SMILES string of the molecule is CCOC(=O)CCC1CCCN(C2CCNCC2C)C1.Cl. The molecule has 0 aromatic heterocycles. The highest BCUT2D eigenvalue weighted by molar-refractivity contribution is 5.85. The van der Waals surface area contributed by atoms with Crippen molar-refractivity contribution < 1.29 is 9.53 Å². The van der Waals surface area contributed by atoms with Gasteiger partial charge in [0.1, 0.15) is 0 Å². The molecule has 2 saturated heterocycles. The Morgan fingerprint density at radius 2 is 2.19 bits per heavy atom. The van der Waals surface area contributed by atoms with Crippen LogP contribution in [0.25, 0.3) is 0 Å². The van der Waals surface area contributed by atoms with Crippen LogP contribution in [0.2, 0.25) is 0 Å². The minimum absolute atomic E-state index is 0. The van der Waals surface area contributed by atoms with Gasteiger partial charge < -0.3 is 10.1 Å². The van der Waals surface area contributed by atoms with Crippen LogP contribution in [0.15, 0.2) is 0 Å². The number of nitrogens with one attached hydrogen (secondary N) is 1. The van der Waals surface area contributed by atoms with Gasteiger partial charge in [-0.05, 0) is 64.1 Å². The van der Waals surface area contributed by atoms with E-state index in [2.05, 4.69) is 17.1 Å². The number of hydrogen-bond acceptors (Lipinski definition) is 4. The lowest BCUT2D eigenvalue weighted by Gasteiger charge is -2.43. The Morgan fingerprint density at radius 3 is 2.90 bits per heavy atom. The predicted octanol–water partition coefficient (Wildman–Crippen LogP) is 2.46. The van der Waals surface area contributed by atoms with Crippen LogP contribution in [0.3, 0.4) is 0 Å². The van der Waals surface area contributed by atoms with E-state index in [1.807, 2.05) is 6.92 Å². The highest BCUT2D eigenvalue weighted by Gasteiger charge is 2.30. The summed E-state index contributed by atoms with van der Waals surface area (Å²) in [5, 5.41) is 3.48. The summed E-state index contributed by atoms with van der Waals surface area (Å²) in [4.78, 5) is 14.2. The van der Waals surface area contributed by atoms with Gasteiger partial charge in [-0.25, -0.2) is 0 Å². The monoisotopic (exact) mass is 318 g/mol. The average molecular weight is 319 g/mol. The molecule has 0 spiro atoms. The van der Waals surface area contributed by atoms with Crippen molar-refractivity contribution in [2.45, 2.75) is 52.0 Å². The van der Waals surface area contributed by atoms with E-state index in [1.54, 1.807) is 0 Å². The van der Waals surface area contributed by atoms with Crippen LogP contribution < -0.4 is 5.32 Å². The van der Waals surface area contributed by atoms with Crippen LogP contribution in [-0.2, 0) is 9.53 Å². The Kier molecular flexibility index (Phi) is 8.60. The Hall–Kier alpha value is -0.320. The normalized spacial score (nSPS) is 30.5. The zero-order valence-electron chi connectivity index (χ0n) is 13.5. The lowest BCUT2D eigenvalue weighted by Crippen LogP contribution is -2.51. The van der Waals surface area contributed by atoms with E-state index in [0.29, 0.717) is 18.9 Å². The quantitative estimate of drug-likeness (QED) is 0.791. The fourth-order valence-electron chi connectivity index (χ4n) is 3.73. The molecule has 124 valence electrons. The molecule has 0 aliphatic carbocycles. The molecule has 2 heterocycles. The summed E-state index contributed by atoms with van der Waals surface area (Å²) in [6, 6.07) is 0.738. The number of ether oxygens (including phenoxy) is 1. The van der Waals surface area contributed by atoms with Crippen LogP contribution in [0, 0.1) is 11.8 Å². The molecule has 3 unspecified atom stereocenters. The summed E-state index contributed by atoms with van der Waals surface area (Å²) in [6.45, 7) is 9.45. The fraction of sp³-hybridized carbons (Fsp3) is 0.938. The number of hydrogen-bond donors (Lipinski definition) is 1. The van der Waals surface area contributed by atoms with E-state index in [4.69, 9.17) is 4.74 Å². The number of nitrogens with zero attached hydrogens (tertiary/aromatic N) is 1. The molecule has 5 heteroatoms. The molecule has 0 radical (unpaired) electrons. The number of piperidine rings is 2. The van der Waals surface area contributed by atoms with E-state index in [0.717, 1.165) is 31.5 Å². The number of halogens is 1. The number of carbonyl (C=O) groups is 1. The first-order valence-corrected chi connectivity index (χ1v) is 8.31. The van der Waals surface area contributed by atoms with Crippen LogP contribution in [-0.4, -0.2) is 49.7 Å². The van der Waals surface area contributed by atoms with E-state index in [-0.39, 0.29) is 18.4 Å². The van der Waals surface area contributed by atoms with Gasteiger partial charge in [-0.3, -0.25) is 9.69 Å². The standard InChI is InChI=1S/C16H30N2O2.ClH/c1-3-20-16(19)7-6-14-5-4-10-18(12-14)15-8-9-17-11-13(15)2;/h13-15,17H,3-12H2,1-2H3;1H. The largest absolute Gasteiger partial charge is 0.466 e. The maximum atomic E-state index is 11.5. The average Bonchev–Trinajstić information content (AvgIpc) is 2.46. The topological polar surface area (TPSA) is 41.6 Å². The second kappa shape index (κ2) is 9.65. The van der Waals surface area contributed by atoms with Gasteiger partial charge in [0.05, 0.1) is 6.61 Å². The van der Waals surface area contributed by atoms with Crippen LogP contribution in [0.1, 0.15) is 46.0 Å². The highest BCUT2D eigenvalue weighted by atomic mass is 35.5. The summed E-state index contributed by atoms with van der Waals surface area (Å²) in [5.74, 6) is 1.39. The van der Waals surface area contributed by atoms with Gasteiger partial charge in [0.15, 0.2) is 0 Å². The second-order valence-corrected chi connectivity index (χ2v) is 6.38. The van der Waals surface area contributed by atoms with E-state index in [1.165, 1.54) is 32.4 Å². The van der Waals surface area contributed by atoms with Crippen LogP contribution >= 0.6 is 12.4 Å². The lowest BCUT2D eigenvalue weighted by molar-refractivity contribution is -0.143. The molecular formula is C16H31ClN2O2. The zero-order valence-corrected chi connectivity index (χ0v) is 14.3. The minimum Gasteiger partial charge on any atom is -0.466 e. The molecule has 0 bridgehead atoms. The van der Waals surface area contributed by atoms with E-state index < -0.39 is 0 Å². The van der Waals surface area contributed by atoms with Gasteiger partial charge in [0.2, 0.25) is 0 Å². The summed E-state index contributed by atoms with van der Waals surface area (Å²) >= 11 is 0. The molecule has 2 aliphatic rings. The molecule has 2 fully saturated rings. The fourth-order valence-corrected chi connectivity index (χ4v) is 3.73. The molecule has 0 aromatic rings. The van der Waals surface area contributed by atoms with Crippen molar-refractivity contribution in [1.29, 1.82) is 0 Å². The van der Waals surface area contributed by atoms with Gasteiger partial charge in [-0.2, -0.15) is 0 Å². The molecule has 4 nitrogen and oxygen atoms in total. The van der Waals surface area contributed by atoms with Gasteiger partial charge in [0, 0.05) is 19.0 Å². The summed E-state index contributed by atoms with van der Waals surface area (Å²) < 4.78 is 5.03. The molecule has 3 atom stereocenters. The molecular weight excluding hydrogens is 288 g/mol. The molecule has 0 amide bonds. The second-order valence-electron chi connectivity index (χ2n) is 6.38. The Labute approximate surface area is 135 Å². The summed E-state index contributed by atoms with van der Waals surface area (Å²) in [7, 11) is 0. The van der Waals surface area contributed by atoms with Gasteiger partial charge in [-0.15, -0.1) is 12.4 Å². The third kappa shape index (κ3) is 5.76. The van der Waals surface area contributed by atoms with Crippen molar-refractivity contribution >= 4 is 18.4 Å². The van der Waals surface area contributed by atoms with Crippen molar-refractivity contribution in [3.63, 3.8) is 0 Å². The van der Waals surface area contributed by atoms with Crippen molar-refractivity contribution in [3.8, 4) is 0 Å². The number of rotatable bonds is 5. The van der Waals surface area contributed by atoms with Crippen LogP contribution in [0.5, 0.6) is 0 Å². The van der Waals surface area contributed by atoms with Gasteiger partial charge >= 0.3 is 5.97 Å². The van der Waals surface area contributed by atoms with E-state index in [9.17, 15) is 4.79 Å². The highest BCUT2D eigenvalue weighted by Crippen LogP contribution is 2.27. The number of likely N-dealkylation sites (tertiary alicyclic amines) is 1. The number of esters is 1. The van der Waals surface area contributed by atoms with Crippen LogP contribution in [0.4, 0.5) is 0 Å². The van der Waals surface area contributed by atoms with Crippen molar-refractivity contribution in [3.05, 3.63) is 0 Å². The third-order valence-corrected chi connectivity index (χ3v) is 4.82. The molecule has 1 N–H and O–H groups in total. The first-order chi connectivity index (χ1) is 9.70. The molecule has 2 aliphatic heterocycles. The van der Waals surface area contributed by atoms with Gasteiger partial charge in [-0.1, -0.05) is 6.92 Å². The summed E-state index contributed by atoms with van der Waals surface area (Å²) in [5.41, 5.74) is 0. The van der Waals surface area contributed by atoms with Gasteiger partial charge in [0.25, 0.3) is 0 Å². The molecule has 21 heavy (non-hydrogen) atoms. The first kappa shape index (κ1) is 18.7.